The van der Waals surface area contributed by atoms with Gasteiger partial charge in [-0.2, -0.15) is 0 Å². The minimum atomic E-state index is -0.0126. The summed E-state index contributed by atoms with van der Waals surface area (Å²) in [6.45, 7) is 1.94. The molecule has 0 bridgehead atoms. The summed E-state index contributed by atoms with van der Waals surface area (Å²) in [5.74, 6) is 1.36. The number of hydrogen-bond acceptors (Lipinski definition) is 5. The summed E-state index contributed by atoms with van der Waals surface area (Å²) in [5.41, 5.74) is 0. The van der Waals surface area contributed by atoms with Crippen LogP contribution in [0.3, 0.4) is 0 Å². The van der Waals surface area contributed by atoms with E-state index in [9.17, 15) is 0 Å². The lowest BCUT2D eigenvalue weighted by Gasteiger charge is -2.11. The maximum absolute atomic E-state index is 8.80. The molecule has 72 valence electrons. The molecule has 0 radical (unpaired) electrons. The molecule has 0 aliphatic carbocycles. The van der Waals surface area contributed by atoms with Gasteiger partial charge in [-0.05, 0) is 6.92 Å². The van der Waals surface area contributed by atoms with E-state index in [0.29, 0.717) is 11.6 Å². The Hall–Kier alpha value is -1.36. The minimum absolute atomic E-state index is 0.0126. The zero-order valence-electron chi connectivity index (χ0n) is 7.78. The molecule has 1 heterocycles. The molecule has 0 aromatic carbocycles. The van der Waals surface area contributed by atoms with E-state index in [2.05, 4.69) is 20.6 Å². The fourth-order valence-corrected chi connectivity index (χ4v) is 0.854. The average Bonchev–Trinajstić information content (AvgIpc) is 2.18. The normalized spacial score (nSPS) is 12.2. The molecular formula is C8H14N4O. The molecule has 0 saturated heterocycles. The third-order valence-corrected chi connectivity index (χ3v) is 1.56. The summed E-state index contributed by atoms with van der Waals surface area (Å²) in [6.07, 6.45) is 3.25. The number of aliphatic hydroxyl groups is 1. The van der Waals surface area contributed by atoms with E-state index >= 15 is 0 Å². The highest BCUT2D eigenvalue weighted by Crippen LogP contribution is 2.06. The number of aromatic nitrogens is 2. The van der Waals surface area contributed by atoms with Crippen LogP contribution in [-0.4, -0.2) is 34.8 Å². The maximum atomic E-state index is 8.80. The summed E-state index contributed by atoms with van der Waals surface area (Å²) in [6, 6.07) is -0.0126. The number of rotatable bonds is 4. The average molecular weight is 182 g/mol. The Balaban J connectivity index is 2.66. The van der Waals surface area contributed by atoms with Crippen LogP contribution in [0.15, 0.2) is 12.4 Å². The van der Waals surface area contributed by atoms with Gasteiger partial charge in [0.05, 0.1) is 19.0 Å². The number of aliphatic hydroxyl groups excluding tert-OH is 1. The number of anilines is 2. The first-order valence-corrected chi connectivity index (χ1v) is 4.13. The first-order chi connectivity index (χ1) is 6.26. The van der Waals surface area contributed by atoms with Crippen molar-refractivity contribution < 1.29 is 5.11 Å². The lowest BCUT2D eigenvalue weighted by molar-refractivity contribution is 0.281. The summed E-state index contributed by atoms with van der Waals surface area (Å²) in [4.78, 5) is 8.16. The van der Waals surface area contributed by atoms with Gasteiger partial charge in [0.2, 0.25) is 0 Å². The number of nitrogens with zero attached hydrogens (tertiary/aromatic N) is 2. The molecule has 3 N–H and O–H groups in total. The van der Waals surface area contributed by atoms with Crippen LogP contribution in [-0.2, 0) is 0 Å². The first-order valence-electron chi connectivity index (χ1n) is 4.13. The Morgan fingerprint density at radius 1 is 1.46 bits per heavy atom. The summed E-state index contributed by atoms with van der Waals surface area (Å²) in [5, 5.41) is 14.7. The molecule has 1 unspecified atom stereocenters. The van der Waals surface area contributed by atoms with E-state index in [-0.39, 0.29) is 12.6 Å². The van der Waals surface area contributed by atoms with Crippen LogP contribution in [0.25, 0.3) is 0 Å². The highest BCUT2D eigenvalue weighted by atomic mass is 16.3. The smallest absolute Gasteiger partial charge is 0.147 e. The van der Waals surface area contributed by atoms with Crippen LogP contribution in [0.5, 0.6) is 0 Å². The van der Waals surface area contributed by atoms with Crippen molar-refractivity contribution in [3.8, 4) is 0 Å². The predicted octanol–water partition coefficient (Wildman–Crippen LogP) is 0.311. The minimum Gasteiger partial charge on any atom is -0.394 e. The third kappa shape index (κ3) is 2.87. The second-order valence-corrected chi connectivity index (χ2v) is 2.77. The van der Waals surface area contributed by atoms with Crippen molar-refractivity contribution in [3.05, 3.63) is 12.4 Å². The first kappa shape index (κ1) is 9.73. The van der Waals surface area contributed by atoms with Crippen LogP contribution in [0.4, 0.5) is 11.6 Å². The van der Waals surface area contributed by atoms with Crippen LogP contribution in [0, 0.1) is 0 Å². The molecule has 0 fully saturated rings. The Labute approximate surface area is 77.2 Å². The topological polar surface area (TPSA) is 70.1 Å². The molecule has 5 nitrogen and oxygen atoms in total. The Bertz CT molecular complexity index is 266. The van der Waals surface area contributed by atoms with Crippen LogP contribution >= 0.6 is 0 Å². The predicted molar refractivity (Wildman–Crippen MR) is 51.7 cm³/mol. The van der Waals surface area contributed by atoms with Crippen LogP contribution in [0.1, 0.15) is 6.92 Å². The van der Waals surface area contributed by atoms with E-state index in [4.69, 9.17) is 5.11 Å². The Morgan fingerprint density at radius 2 is 2.15 bits per heavy atom. The Kier molecular flexibility index (Phi) is 3.45. The molecule has 13 heavy (non-hydrogen) atoms. The summed E-state index contributed by atoms with van der Waals surface area (Å²) in [7, 11) is 1.78. The second-order valence-electron chi connectivity index (χ2n) is 2.77. The van der Waals surface area contributed by atoms with Crippen LogP contribution in [0.2, 0.25) is 0 Å². The summed E-state index contributed by atoms with van der Waals surface area (Å²) >= 11 is 0. The number of hydrogen-bond donors (Lipinski definition) is 3. The lowest BCUT2D eigenvalue weighted by atomic mass is 10.4. The SMILES string of the molecule is CNc1cncc(NC(C)CO)n1. The van der Waals surface area contributed by atoms with Gasteiger partial charge in [-0.1, -0.05) is 0 Å². The largest absolute Gasteiger partial charge is 0.394 e. The fraction of sp³-hybridized carbons (Fsp3) is 0.500. The summed E-state index contributed by atoms with van der Waals surface area (Å²) < 4.78 is 0. The van der Waals surface area contributed by atoms with Gasteiger partial charge in [-0.25, -0.2) is 4.98 Å². The number of nitrogens with one attached hydrogen (secondary N) is 2. The molecular weight excluding hydrogens is 168 g/mol. The molecule has 0 aliphatic rings. The van der Waals surface area contributed by atoms with E-state index in [1.165, 1.54) is 0 Å². The maximum Gasteiger partial charge on any atom is 0.147 e. The molecule has 1 aromatic rings. The highest BCUT2D eigenvalue weighted by molar-refractivity contribution is 5.41. The molecule has 1 aromatic heterocycles. The quantitative estimate of drug-likeness (QED) is 0.625. The van der Waals surface area contributed by atoms with Gasteiger partial charge < -0.3 is 15.7 Å². The Morgan fingerprint density at radius 3 is 2.77 bits per heavy atom. The molecule has 5 heteroatoms. The molecule has 0 saturated carbocycles. The van der Waals surface area contributed by atoms with Crippen molar-refractivity contribution in [1.82, 2.24) is 9.97 Å². The van der Waals surface area contributed by atoms with Gasteiger partial charge in [-0.3, -0.25) is 4.98 Å². The molecule has 1 rings (SSSR count). The van der Waals surface area contributed by atoms with Gasteiger partial charge in [0.25, 0.3) is 0 Å². The van der Waals surface area contributed by atoms with Gasteiger partial charge in [0, 0.05) is 13.1 Å². The van der Waals surface area contributed by atoms with Gasteiger partial charge in [-0.15, -0.1) is 0 Å². The van der Waals surface area contributed by atoms with E-state index in [1.807, 2.05) is 6.92 Å². The van der Waals surface area contributed by atoms with E-state index in [1.54, 1.807) is 19.4 Å². The van der Waals surface area contributed by atoms with Crippen molar-refractivity contribution >= 4 is 11.6 Å². The van der Waals surface area contributed by atoms with E-state index in [0.717, 1.165) is 0 Å². The zero-order chi connectivity index (χ0) is 9.68. The van der Waals surface area contributed by atoms with Gasteiger partial charge >= 0.3 is 0 Å². The standard InChI is InChI=1S/C8H14N4O/c1-6(5-13)11-8-4-10-3-7(9-2)12-8/h3-4,6,13H,5H2,1-2H3,(H2,9,11,12). The van der Waals surface area contributed by atoms with E-state index < -0.39 is 0 Å². The van der Waals surface area contributed by atoms with Crippen LogP contribution < -0.4 is 10.6 Å². The van der Waals surface area contributed by atoms with Crippen molar-refractivity contribution in [1.29, 1.82) is 0 Å². The van der Waals surface area contributed by atoms with Crippen molar-refractivity contribution in [2.45, 2.75) is 13.0 Å². The molecule has 1 atom stereocenters. The van der Waals surface area contributed by atoms with Crippen molar-refractivity contribution in [2.24, 2.45) is 0 Å². The monoisotopic (exact) mass is 182 g/mol. The fourth-order valence-electron chi connectivity index (χ4n) is 0.854. The second kappa shape index (κ2) is 4.61. The van der Waals surface area contributed by atoms with Crippen molar-refractivity contribution in [3.63, 3.8) is 0 Å². The molecule has 0 spiro atoms. The lowest BCUT2D eigenvalue weighted by Crippen LogP contribution is -2.20. The third-order valence-electron chi connectivity index (χ3n) is 1.56. The molecule has 0 amide bonds. The highest BCUT2D eigenvalue weighted by Gasteiger charge is 2.01. The molecule has 0 aliphatic heterocycles. The van der Waals surface area contributed by atoms with Gasteiger partial charge in [0.15, 0.2) is 0 Å². The van der Waals surface area contributed by atoms with Gasteiger partial charge in [0.1, 0.15) is 11.6 Å². The van der Waals surface area contributed by atoms with Crippen molar-refractivity contribution in [2.75, 3.05) is 24.3 Å². The zero-order valence-corrected chi connectivity index (χ0v) is 7.78.